The van der Waals surface area contributed by atoms with Crippen molar-refractivity contribution >= 4 is 57.1 Å². The number of allylic oxidation sites excluding steroid dienone is 1. The number of pyridine rings is 1. The number of para-hydroxylation sites is 1. The number of nitro benzene ring substituents is 1. The van der Waals surface area contributed by atoms with E-state index >= 15 is 0 Å². The number of carbonyl (C=O) groups is 2. The summed E-state index contributed by atoms with van der Waals surface area (Å²) in [7, 11) is 0. The summed E-state index contributed by atoms with van der Waals surface area (Å²) in [6, 6.07) is 14.5. The average molecular weight is 584 g/mol. The van der Waals surface area contributed by atoms with Gasteiger partial charge in [-0.05, 0) is 89.9 Å². The highest BCUT2D eigenvalue weighted by molar-refractivity contribution is 7.10. The number of carbonyl (C=O) groups excluding carboxylic acids is 2. The molecule has 1 unspecified atom stereocenters. The van der Waals surface area contributed by atoms with Gasteiger partial charge in [-0.15, -0.1) is 11.3 Å². The van der Waals surface area contributed by atoms with E-state index in [2.05, 4.69) is 38.2 Å². The number of aryl methyl sites for hydroxylation is 2. The number of rotatable bonds is 6. The van der Waals surface area contributed by atoms with E-state index in [0.29, 0.717) is 22.9 Å². The molecule has 0 saturated carbocycles. The molecule has 5 rings (SSSR count). The van der Waals surface area contributed by atoms with Crippen LogP contribution >= 0.6 is 11.3 Å². The van der Waals surface area contributed by atoms with Crippen molar-refractivity contribution in [2.24, 2.45) is 11.3 Å². The van der Waals surface area contributed by atoms with Crippen LogP contribution in [0.5, 0.6) is 0 Å². The average Bonchev–Trinajstić information content (AvgIpc) is 3.45. The molecule has 42 heavy (non-hydrogen) atoms. The van der Waals surface area contributed by atoms with Crippen molar-refractivity contribution in [3.63, 3.8) is 0 Å². The topological polar surface area (TPSA) is 111 Å². The van der Waals surface area contributed by atoms with Crippen molar-refractivity contribution in [1.29, 1.82) is 0 Å². The van der Waals surface area contributed by atoms with Gasteiger partial charge in [0.25, 0.3) is 11.6 Å². The van der Waals surface area contributed by atoms with E-state index in [1.165, 1.54) is 6.07 Å². The minimum Gasteiger partial charge on any atom is -0.452 e. The molecule has 1 atom stereocenters. The van der Waals surface area contributed by atoms with Crippen molar-refractivity contribution in [2.75, 3.05) is 11.9 Å². The lowest BCUT2D eigenvalue weighted by molar-refractivity contribution is -0.384. The molecule has 1 aliphatic carbocycles. The van der Waals surface area contributed by atoms with Gasteiger partial charge in [-0.1, -0.05) is 45.0 Å². The largest absolute Gasteiger partial charge is 0.452 e. The van der Waals surface area contributed by atoms with Gasteiger partial charge in [0.1, 0.15) is 5.69 Å². The summed E-state index contributed by atoms with van der Waals surface area (Å²) in [5.74, 6) is -1.04. The highest BCUT2D eigenvalue weighted by Gasteiger charge is 2.35. The Balaban J connectivity index is 1.50. The molecule has 0 radical (unpaired) electrons. The van der Waals surface area contributed by atoms with Gasteiger partial charge in [-0.25, -0.2) is 9.78 Å². The maximum atomic E-state index is 13.8. The number of thiophene rings is 1. The van der Waals surface area contributed by atoms with E-state index in [-0.39, 0.29) is 22.7 Å². The van der Waals surface area contributed by atoms with E-state index in [0.717, 1.165) is 39.3 Å². The van der Waals surface area contributed by atoms with E-state index < -0.39 is 23.4 Å². The molecule has 0 spiro atoms. The molecule has 0 saturated heterocycles. The van der Waals surface area contributed by atoms with E-state index in [4.69, 9.17) is 9.72 Å². The summed E-state index contributed by atoms with van der Waals surface area (Å²) in [5, 5.41) is 16.8. The molecule has 0 fully saturated rings. The number of ether oxygens (including phenoxy) is 1. The molecule has 2 heterocycles. The second-order valence-electron chi connectivity index (χ2n) is 11.8. The third kappa shape index (κ3) is 5.97. The molecular weight excluding hydrogens is 550 g/mol. The van der Waals surface area contributed by atoms with Crippen molar-refractivity contribution in [3.05, 3.63) is 96.9 Å². The predicted octanol–water partition coefficient (Wildman–Crippen LogP) is 7.77. The molecule has 0 bridgehead atoms. The number of nitro groups is 1. The minimum atomic E-state index is -0.659. The Hall–Kier alpha value is -4.37. The molecule has 8 nitrogen and oxygen atoms in total. The van der Waals surface area contributed by atoms with Crippen LogP contribution in [0, 0.1) is 35.3 Å². The van der Waals surface area contributed by atoms with E-state index in [1.807, 2.05) is 35.7 Å². The SMILES string of the molecule is Cc1cc(NC(=O)COC(=O)c2c3c(nc4ccccc24)/C(=C\c2cccs2)CC(C(C)(C)C)C3)c([N+](=O)[O-])cc1C. The number of fused-ring (bicyclic) bond motifs is 2. The zero-order valence-corrected chi connectivity index (χ0v) is 25.1. The number of amides is 1. The third-order valence-electron chi connectivity index (χ3n) is 7.92. The first-order chi connectivity index (χ1) is 19.9. The molecule has 1 amide bonds. The van der Waals surface area contributed by atoms with Crippen LogP contribution in [0.25, 0.3) is 22.6 Å². The summed E-state index contributed by atoms with van der Waals surface area (Å²) in [6.45, 7) is 9.59. The smallest absolute Gasteiger partial charge is 0.339 e. The van der Waals surface area contributed by atoms with Gasteiger partial charge in [-0.3, -0.25) is 14.9 Å². The molecule has 2 aromatic heterocycles. The second kappa shape index (κ2) is 11.5. The van der Waals surface area contributed by atoms with Gasteiger partial charge in [0.05, 0.1) is 21.7 Å². The van der Waals surface area contributed by atoms with Crippen LogP contribution < -0.4 is 5.32 Å². The van der Waals surface area contributed by atoms with Crippen LogP contribution in [0.1, 0.15) is 64.8 Å². The third-order valence-corrected chi connectivity index (χ3v) is 8.74. The lowest BCUT2D eigenvalue weighted by Gasteiger charge is -2.36. The molecule has 1 aliphatic rings. The zero-order valence-electron chi connectivity index (χ0n) is 24.3. The Bertz CT molecular complexity index is 1730. The van der Waals surface area contributed by atoms with Crippen molar-refractivity contribution in [2.45, 2.75) is 47.5 Å². The molecular formula is C33H33N3O5S. The minimum absolute atomic E-state index is 0.0280. The first-order valence-corrected chi connectivity index (χ1v) is 14.7. The van der Waals surface area contributed by atoms with Crippen molar-refractivity contribution in [3.8, 4) is 0 Å². The maximum Gasteiger partial charge on any atom is 0.339 e. The van der Waals surface area contributed by atoms with Crippen LogP contribution in [0.4, 0.5) is 11.4 Å². The quantitative estimate of drug-likeness (QED) is 0.141. The standard InChI is InChI=1S/C33H33N3O5S/c1-19-13-27(28(36(39)40)14-20(19)2)34-29(37)18-41-32(38)30-24-10-6-7-11-26(24)35-31-21(16-23-9-8-12-42-23)15-22(17-25(30)31)33(3,4)5/h6-14,16,22H,15,17-18H2,1-5H3,(H,34,37)/b21-16-. The Kier molecular flexibility index (Phi) is 7.97. The number of esters is 1. The van der Waals surface area contributed by atoms with Gasteiger partial charge in [-0.2, -0.15) is 0 Å². The molecule has 4 aromatic rings. The van der Waals surface area contributed by atoms with Crippen LogP contribution in [0.3, 0.4) is 0 Å². The Labute approximate surface area is 248 Å². The summed E-state index contributed by atoms with van der Waals surface area (Å²) < 4.78 is 5.59. The number of hydrogen-bond donors (Lipinski definition) is 1. The highest BCUT2D eigenvalue weighted by atomic mass is 32.1. The van der Waals surface area contributed by atoms with Gasteiger partial charge < -0.3 is 10.1 Å². The fourth-order valence-corrected chi connectivity index (χ4v) is 6.04. The number of anilines is 1. The first-order valence-electron chi connectivity index (χ1n) is 13.8. The highest BCUT2D eigenvalue weighted by Crippen LogP contribution is 2.45. The van der Waals surface area contributed by atoms with Crippen LogP contribution in [0.15, 0.2) is 53.9 Å². The van der Waals surface area contributed by atoms with E-state index in [9.17, 15) is 19.7 Å². The lowest BCUT2D eigenvalue weighted by atomic mass is 9.69. The van der Waals surface area contributed by atoms with Gasteiger partial charge in [0, 0.05) is 16.3 Å². The maximum absolute atomic E-state index is 13.8. The van der Waals surface area contributed by atoms with Crippen LogP contribution in [-0.2, 0) is 16.0 Å². The van der Waals surface area contributed by atoms with Gasteiger partial charge >= 0.3 is 5.97 Å². The Morgan fingerprint density at radius 1 is 1.12 bits per heavy atom. The normalized spacial score (nSPS) is 15.8. The summed E-state index contributed by atoms with van der Waals surface area (Å²) in [4.78, 5) is 43.8. The monoisotopic (exact) mass is 583 g/mol. The molecule has 0 aliphatic heterocycles. The number of aromatic nitrogens is 1. The Morgan fingerprint density at radius 2 is 1.86 bits per heavy atom. The number of nitrogens with zero attached hydrogens (tertiary/aromatic N) is 2. The fraction of sp³-hybridized carbons (Fsp3) is 0.303. The van der Waals surface area contributed by atoms with Crippen molar-refractivity contribution < 1.29 is 19.2 Å². The summed E-state index contributed by atoms with van der Waals surface area (Å²) in [6.07, 6.45) is 3.62. The van der Waals surface area contributed by atoms with Gasteiger partial charge in [0.2, 0.25) is 0 Å². The lowest BCUT2D eigenvalue weighted by Crippen LogP contribution is -2.29. The molecule has 1 N–H and O–H groups in total. The number of nitrogens with one attached hydrogen (secondary N) is 1. The van der Waals surface area contributed by atoms with E-state index in [1.54, 1.807) is 31.3 Å². The van der Waals surface area contributed by atoms with Crippen LogP contribution in [-0.4, -0.2) is 28.4 Å². The molecule has 9 heteroatoms. The summed E-state index contributed by atoms with van der Waals surface area (Å²) in [5.41, 5.74) is 5.10. The molecule has 2 aromatic carbocycles. The predicted molar refractivity (Wildman–Crippen MR) is 167 cm³/mol. The Morgan fingerprint density at radius 3 is 2.55 bits per heavy atom. The second-order valence-corrected chi connectivity index (χ2v) is 12.8. The summed E-state index contributed by atoms with van der Waals surface area (Å²) >= 11 is 1.65. The zero-order chi connectivity index (χ0) is 30.2. The number of benzene rings is 2. The van der Waals surface area contributed by atoms with Crippen molar-refractivity contribution in [1.82, 2.24) is 4.98 Å². The van der Waals surface area contributed by atoms with Crippen LogP contribution in [0.2, 0.25) is 0 Å². The fourth-order valence-electron chi connectivity index (χ4n) is 5.36. The first kappa shape index (κ1) is 29.1. The molecule has 216 valence electrons. The number of hydrogen-bond acceptors (Lipinski definition) is 7. The van der Waals surface area contributed by atoms with Gasteiger partial charge in [0.15, 0.2) is 6.61 Å².